The molecule has 1 atom stereocenters. The lowest BCUT2D eigenvalue weighted by Gasteiger charge is -2.30. The zero-order chi connectivity index (χ0) is 18.8. The fourth-order valence-corrected chi connectivity index (χ4v) is 2.81. The van der Waals surface area contributed by atoms with Gasteiger partial charge in [-0.2, -0.15) is 0 Å². The number of benzene rings is 2. The molecule has 2 aromatic rings. The van der Waals surface area contributed by atoms with Gasteiger partial charge in [0.1, 0.15) is 11.7 Å². The summed E-state index contributed by atoms with van der Waals surface area (Å²) in [7, 11) is 0. The molecule has 26 heavy (non-hydrogen) atoms. The lowest BCUT2D eigenvalue weighted by molar-refractivity contribution is -0.130. The molecule has 3 rings (SSSR count). The second-order valence-electron chi connectivity index (χ2n) is 5.87. The molecular weight excluding hydrogens is 361 g/mol. The van der Waals surface area contributed by atoms with Gasteiger partial charge in [-0.25, -0.2) is 14.1 Å². The van der Waals surface area contributed by atoms with Gasteiger partial charge in [0.15, 0.2) is 0 Å². The van der Waals surface area contributed by atoms with Gasteiger partial charge in [-0.15, -0.1) is 0 Å². The van der Waals surface area contributed by atoms with Crippen LogP contribution in [-0.2, 0) is 9.59 Å². The Kier molecular flexibility index (Phi) is 4.90. The fraction of sp³-hybridized carbons (Fsp3) is 0.167. The molecule has 2 aromatic carbocycles. The Balaban J connectivity index is 1.83. The Bertz CT molecular complexity index is 903. The largest absolute Gasteiger partial charge is 0.336 e. The highest BCUT2D eigenvalue weighted by Crippen LogP contribution is 2.26. The number of hydrogen-bond donors (Lipinski definition) is 2. The standard InChI is InChI=1S/C18H15ClFN3O3/c1-10-3-2-4-11(7-10)22-16(24)13-9-21-18(26)23(17(13)25)12-5-6-15(20)14(19)8-12/h2-8,13H,9H2,1H3,(H,21,26)(H,22,24). The van der Waals surface area contributed by atoms with Crippen LogP contribution in [0, 0.1) is 18.7 Å². The van der Waals surface area contributed by atoms with Crippen molar-refractivity contribution < 1.29 is 18.8 Å². The smallest absolute Gasteiger partial charge is 0.328 e. The van der Waals surface area contributed by atoms with Gasteiger partial charge >= 0.3 is 6.03 Å². The average molecular weight is 376 g/mol. The van der Waals surface area contributed by atoms with Crippen molar-refractivity contribution in [3.05, 3.63) is 58.9 Å². The van der Waals surface area contributed by atoms with Crippen molar-refractivity contribution in [2.45, 2.75) is 6.92 Å². The molecule has 1 aliphatic heterocycles. The highest BCUT2D eigenvalue weighted by Gasteiger charge is 2.39. The van der Waals surface area contributed by atoms with Crippen LogP contribution in [0.3, 0.4) is 0 Å². The van der Waals surface area contributed by atoms with Gasteiger partial charge < -0.3 is 10.6 Å². The fourth-order valence-electron chi connectivity index (χ4n) is 2.64. The van der Waals surface area contributed by atoms with E-state index in [9.17, 15) is 18.8 Å². The van der Waals surface area contributed by atoms with Crippen molar-refractivity contribution >= 4 is 40.8 Å². The predicted octanol–water partition coefficient (Wildman–Crippen LogP) is 3.10. The Morgan fingerprint density at radius 2 is 2.04 bits per heavy atom. The number of nitrogens with one attached hydrogen (secondary N) is 2. The van der Waals surface area contributed by atoms with Crippen LogP contribution in [0.4, 0.5) is 20.6 Å². The third-order valence-electron chi connectivity index (χ3n) is 3.94. The minimum atomic E-state index is -1.11. The number of carbonyl (C=O) groups excluding carboxylic acids is 3. The minimum Gasteiger partial charge on any atom is -0.336 e. The molecule has 0 aliphatic carbocycles. The summed E-state index contributed by atoms with van der Waals surface area (Å²) in [6.45, 7) is 1.75. The van der Waals surface area contributed by atoms with E-state index in [1.54, 1.807) is 18.2 Å². The Labute approximate surface area is 153 Å². The molecule has 1 heterocycles. The van der Waals surface area contributed by atoms with Crippen molar-refractivity contribution in [1.29, 1.82) is 0 Å². The summed E-state index contributed by atoms with van der Waals surface area (Å²) < 4.78 is 13.3. The van der Waals surface area contributed by atoms with Gasteiger partial charge in [-0.3, -0.25) is 9.59 Å². The summed E-state index contributed by atoms with van der Waals surface area (Å²) in [5, 5.41) is 4.93. The summed E-state index contributed by atoms with van der Waals surface area (Å²) in [5.41, 5.74) is 1.59. The van der Waals surface area contributed by atoms with Crippen molar-refractivity contribution in [3.8, 4) is 0 Å². The molecule has 1 fully saturated rings. The lowest BCUT2D eigenvalue weighted by Crippen LogP contribution is -2.58. The van der Waals surface area contributed by atoms with E-state index in [0.717, 1.165) is 22.6 Å². The lowest BCUT2D eigenvalue weighted by atomic mass is 10.0. The van der Waals surface area contributed by atoms with E-state index in [4.69, 9.17) is 11.6 Å². The Morgan fingerprint density at radius 3 is 2.73 bits per heavy atom. The molecule has 1 saturated heterocycles. The zero-order valence-electron chi connectivity index (χ0n) is 13.8. The average Bonchev–Trinajstić information content (AvgIpc) is 2.58. The number of hydrogen-bond acceptors (Lipinski definition) is 3. The third-order valence-corrected chi connectivity index (χ3v) is 4.23. The molecule has 1 aliphatic rings. The Hall–Kier alpha value is -2.93. The van der Waals surface area contributed by atoms with Crippen LogP contribution < -0.4 is 15.5 Å². The molecule has 4 amide bonds. The number of aryl methyl sites for hydroxylation is 1. The zero-order valence-corrected chi connectivity index (χ0v) is 14.5. The van der Waals surface area contributed by atoms with E-state index in [2.05, 4.69) is 10.6 Å². The van der Waals surface area contributed by atoms with Gasteiger partial charge in [0.25, 0.3) is 0 Å². The van der Waals surface area contributed by atoms with Crippen LogP contribution in [0.2, 0.25) is 5.02 Å². The molecule has 1 unspecified atom stereocenters. The van der Waals surface area contributed by atoms with Gasteiger partial charge in [-0.1, -0.05) is 23.7 Å². The van der Waals surface area contributed by atoms with Gasteiger partial charge in [-0.05, 0) is 42.8 Å². The van der Waals surface area contributed by atoms with Gasteiger partial charge in [0.2, 0.25) is 11.8 Å². The first-order valence-electron chi connectivity index (χ1n) is 7.81. The number of urea groups is 1. The Morgan fingerprint density at radius 1 is 1.27 bits per heavy atom. The molecule has 2 N–H and O–H groups in total. The maximum absolute atomic E-state index is 13.3. The summed E-state index contributed by atoms with van der Waals surface area (Å²) >= 11 is 5.73. The summed E-state index contributed by atoms with van der Waals surface area (Å²) in [5.74, 6) is -3.04. The normalized spacial score (nSPS) is 17.0. The number of carbonyl (C=O) groups is 3. The topological polar surface area (TPSA) is 78.5 Å². The molecule has 0 saturated carbocycles. The van der Waals surface area contributed by atoms with E-state index in [-0.39, 0.29) is 17.3 Å². The molecular formula is C18H15ClFN3O3. The van der Waals surface area contributed by atoms with Crippen molar-refractivity contribution in [2.24, 2.45) is 5.92 Å². The maximum atomic E-state index is 13.3. The number of anilines is 2. The van der Waals surface area contributed by atoms with Crippen LogP contribution in [0.1, 0.15) is 5.56 Å². The molecule has 8 heteroatoms. The highest BCUT2D eigenvalue weighted by atomic mass is 35.5. The van der Waals surface area contributed by atoms with Gasteiger partial charge in [0.05, 0.1) is 10.7 Å². The van der Waals surface area contributed by atoms with E-state index >= 15 is 0 Å². The summed E-state index contributed by atoms with van der Waals surface area (Å²) in [6.07, 6.45) is 0. The summed E-state index contributed by atoms with van der Waals surface area (Å²) in [6, 6.07) is 9.89. The number of amides is 4. The summed E-state index contributed by atoms with van der Waals surface area (Å²) in [4.78, 5) is 38.1. The van der Waals surface area contributed by atoms with Crippen LogP contribution in [0.5, 0.6) is 0 Å². The van der Waals surface area contributed by atoms with Gasteiger partial charge in [0, 0.05) is 12.2 Å². The van der Waals surface area contributed by atoms with Crippen LogP contribution in [-0.4, -0.2) is 24.4 Å². The quantitative estimate of drug-likeness (QED) is 0.809. The van der Waals surface area contributed by atoms with Crippen LogP contribution >= 0.6 is 11.6 Å². The second-order valence-corrected chi connectivity index (χ2v) is 6.28. The molecule has 6 nitrogen and oxygen atoms in total. The predicted molar refractivity (Wildman–Crippen MR) is 95.6 cm³/mol. The van der Waals surface area contributed by atoms with Crippen LogP contribution in [0.25, 0.3) is 0 Å². The van der Waals surface area contributed by atoms with Crippen molar-refractivity contribution in [1.82, 2.24) is 5.32 Å². The first-order chi connectivity index (χ1) is 12.4. The van der Waals surface area contributed by atoms with E-state index in [0.29, 0.717) is 5.69 Å². The number of rotatable bonds is 3. The minimum absolute atomic E-state index is 0.0898. The van der Waals surface area contributed by atoms with Crippen molar-refractivity contribution in [2.75, 3.05) is 16.8 Å². The first-order valence-corrected chi connectivity index (χ1v) is 8.19. The third kappa shape index (κ3) is 3.52. The second kappa shape index (κ2) is 7.13. The molecule has 134 valence electrons. The van der Waals surface area contributed by atoms with E-state index in [1.807, 2.05) is 13.0 Å². The SMILES string of the molecule is Cc1cccc(NC(=O)C2CNC(=O)N(c3ccc(F)c(Cl)c3)C2=O)c1. The first kappa shape index (κ1) is 17.9. The number of nitrogens with zero attached hydrogens (tertiary/aromatic N) is 1. The van der Waals surface area contributed by atoms with E-state index in [1.165, 1.54) is 6.07 Å². The van der Waals surface area contributed by atoms with Crippen molar-refractivity contribution in [3.63, 3.8) is 0 Å². The molecule has 0 bridgehead atoms. The monoisotopic (exact) mass is 375 g/mol. The number of imide groups is 1. The highest BCUT2D eigenvalue weighted by molar-refractivity contribution is 6.31. The van der Waals surface area contributed by atoms with E-state index < -0.39 is 29.6 Å². The maximum Gasteiger partial charge on any atom is 0.328 e. The van der Waals surface area contributed by atoms with Crippen LogP contribution in [0.15, 0.2) is 42.5 Å². The number of halogens is 2. The molecule has 0 spiro atoms. The molecule has 0 aromatic heterocycles. The molecule has 0 radical (unpaired) electrons.